The van der Waals surface area contributed by atoms with Gasteiger partial charge in [-0.3, -0.25) is 18.7 Å². The summed E-state index contributed by atoms with van der Waals surface area (Å²) in [7, 11) is 0.450. The van der Waals surface area contributed by atoms with Gasteiger partial charge in [-0.2, -0.15) is 0 Å². The third kappa shape index (κ3) is 28.7. The molecule has 0 aromatic carbocycles. The van der Waals surface area contributed by atoms with Crippen molar-refractivity contribution in [3.8, 4) is 0 Å². The van der Waals surface area contributed by atoms with Crippen LogP contribution in [0.5, 0.6) is 0 Å². The van der Waals surface area contributed by atoms with Crippen molar-refractivity contribution in [1.29, 1.82) is 0 Å². The van der Waals surface area contributed by atoms with Crippen LogP contribution in [0.1, 0.15) is 233 Å². The molecule has 9 nitrogen and oxygen atoms in total. The molecule has 334 valence electrons. The summed E-state index contributed by atoms with van der Waals surface area (Å²) in [5.74, 6) is -1.61. The van der Waals surface area contributed by atoms with Gasteiger partial charge in [-0.15, -0.1) is 0 Å². The summed E-state index contributed by atoms with van der Waals surface area (Å²) >= 11 is 0. The van der Waals surface area contributed by atoms with Crippen LogP contribution in [0.3, 0.4) is 0 Å². The normalized spacial score (nSPS) is 14.5. The number of quaternary nitrogens is 1. The zero-order chi connectivity index (χ0) is 42.0. The van der Waals surface area contributed by atoms with Crippen molar-refractivity contribution in [2.45, 2.75) is 250 Å². The minimum atomic E-state index is -5.27. The maximum Gasteiger partial charge on any atom is 0.269 e. The number of ketones is 2. The monoisotopic (exact) mass is 818 g/mol. The molecule has 0 spiro atoms. The highest BCUT2D eigenvalue weighted by Gasteiger charge is 2.54. The molecule has 0 aromatic heterocycles. The smallest absolute Gasteiger partial charge is 0.269 e. The first-order chi connectivity index (χ1) is 26.8. The van der Waals surface area contributed by atoms with E-state index in [1.807, 2.05) is 21.1 Å². The second-order valence-electron chi connectivity index (χ2n) is 17.8. The lowest BCUT2D eigenvalue weighted by Gasteiger charge is -2.40. The highest BCUT2D eigenvalue weighted by Crippen LogP contribution is 2.47. The van der Waals surface area contributed by atoms with Crippen molar-refractivity contribution in [3.05, 3.63) is 0 Å². The van der Waals surface area contributed by atoms with Gasteiger partial charge >= 0.3 is 0 Å². The van der Waals surface area contributed by atoms with Crippen LogP contribution in [0.4, 0.5) is 0 Å². The first-order valence-electron chi connectivity index (χ1n) is 23.7. The molecule has 0 bridgehead atoms. The van der Waals surface area contributed by atoms with Gasteiger partial charge in [0, 0.05) is 12.8 Å². The number of phosphoric acid groups is 1. The van der Waals surface area contributed by atoms with Crippen LogP contribution in [0.2, 0.25) is 0 Å². The summed E-state index contributed by atoms with van der Waals surface area (Å²) in [5, 5.41) is 21.2. The molecule has 10 heteroatoms. The Balaban J connectivity index is 5.12. The third-order valence-electron chi connectivity index (χ3n) is 11.2. The minimum Gasteiger partial charge on any atom is -0.756 e. The van der Waals surface area contributed by atoms with E-state index in [-0.39, 0.29) is 12.8 Å². The number of hydrogen-bond acceptors (Lipinski definition) is 8. The number of carbonyl (C=O) groups is 2. The Morgan fingerprint density at radius 1 is 0.571 bits per heavy atom. The predicted molar refractivity (Wildman–Crippen MR) is 232 cm³/mol. The van der Waals surface area contributed by atoms with E-state index >= 15 is 0 Å². The zero-order valence-electron chi connectivity index (χ0n) is 37.6. The maximum absolute atomic E-state index is 13.9. The van der Waals surface area contributed by atoms with Crippen LogP contribution in [0.15, 0.2) is 0 Å². The largest absolute Gasteiger partial charge is 0.756 e. The fourth-order valence-electron chi connectivity index (χ4n) is 7.73. The lowest BCUT2D eigenvalue weighted by molar-refractivity contribution is -0.873. The number of likely N-dealkylation sites (N-methyl/N-ethyl adjacent to an activating group) is 1. The molecular weight excluding hydrogens is 725 g/mol. The van der Waals surface area contributed by atoms with Gasteiger partial charge in [-0.25, -0.2) is 0 Å². The van der Waals surface area contributed by atoms with Crippen LogP contribution in [-0.2, 0) is 23.2 Å². The van der Waals surface area contributed by atoms with Crippen LogP contribution in [-0.4, -0.2) is 78.4 Å². The van der Waals surface area contributed by atoms with Gasteiger partial charge in [-0.1, -0.05) is 201 Å². The van der Waals surface area contributed by atoms with E-state index in [1.165, 1.54) is 128 Å². The minimum absolute atomic E-state index is 0.129. The van der Waals surface area contributed by atoms with Gasteiger partial charge in [0.15, 0.2) is 11.6 Å². The summed E-state index contributed by atoms with van der Waals surface area (Å²) in [4.78, 5) is 41.3. The lowest BCUT2D eigenvalue weighted by atomic mass is 9.82. The van der Waals surface area contributed by atoms with Crippen molar-refractivity contribution in [2.75, 3.05) is 34.3 Å². The summed E-state index contributed by atoms with van der Waals surface area (Å²) < 4.78 is 24.8. The molecule has 2 unspecified atom stereocenters. The first kappa shape index (κ1) is 55.3. The van der Waals surface area contributed by atoms with E-state index in [0.29, 0.717) is 30.3 Å². The van der Waals surface area contributed by atoms with Crippen molar-refractivity contribution in [3.63, 3.8) is 0 Å². The Hall–Kier alpha value is -0.670. The number of rotatable bonds is 43. The summed E-state index contributed by atoms with van der Waals surface area (Å²) in [6.45, 7) is 5.64. The van der Waals surface area contributed by atoms with Gasteiger partial charge in [0.25, 0.3) is 7.82 Å². The Morgan fingerprint density at radius 2 is 0.857 bits per heavy atom. The highest BCUT2D eigenvalue weighted by atomic mass is 31.2. The molecule has 0 aliphatic heterocycles. The number of nitrogens with zero attached hydrogens (tertiary/aromatic N) is 1. The zero-order valence-corrected chi connectivity index (χ0v) is 38.5. The molecule has 3 atom stereocenters. The van der Waals surface area contributed by atoms with Gasteiger partial charge in [0.2, 0.25) is 5.60 Å². The Kier molecular flexibility index (Phi) is 34.7. The average Bonchev–Trinajstić information content (AvgIpc) is 3.15. The summed E-state index contributed by atoms with van der Waals surface area (Å²) in [6, 6.07) is 0. The van der Waals surface area contributed by atoms with Crippen LogP contribution in [0, 0.1) is 0 Å². The molecule has 0 heterocycles. The molecule has 0 saturated heterocycles. The number of phosphoric ester groups is 1. The molecule has 0 saturated carbocycles. The van der Waals surface area contributed by atoms with Crippen molar-refractivity contribution < 1.29 is 42.8 Å². The van der Waals surface area contributed by atoms with Gasteiger partial charge in [-0.05, 0) is 19.3 Å². The van der Waals surface area contributed by atoms with Crippen LogP contribution >= 0.6 is 7.82 Å². The Morgan fingerprint density at radius 3 is 1.11 bits per heavy atom. The average molecular weight is 818 g/mol. The number of carbonyl (C=O) groups excluding carboxylic acids is 2. The fourth-order valence-corrected chi connectivity index (χ4v) is 9.03. The first-order valence-corrected chi connectivity index (χ1v) is 25.1. The number of hydrogen-bond donors (Lipinski definition) is 2. The number of aliphatic hydroxyl groups is 2. The maximum atomic E-state index is 13.9. The van der Waals surface area contributed by atoms with E-state index in [2.05, 4.69) is 13.8 Å². The second kappa shape index (κ2) is 35.1. The quantitative estimate of drug-likeness (QED) is 0.0269. The van der Waals surface area contributed by atoms with E-state index in [0.717, 1.165) is 51.4 Å². The van der Waals surface area contributed by atoms with Crippen molar-refractivity contribution in [2.24, 2.45) is 0 Å². The number of aliphatic hydroxyl groups excluding tert-OH is 2. The molecule has 0 fully saturated rings. The second-order valence-corrected chi connectivity index (χ2v) is 19.1. The standard InChI is InChI=1S/C46H92NO8P/c1-7-10-12-14-16-18-20-22-24-26-28-30-32-34-36-38-43(49)46(45(51)41-48,55-56(52,53)54-42(9-3)40-47(4,5)6)44(50)39-37-35-33-31-29-27-25-23-21-19-17-15-13-11-8-2/h42,45,48,51H,7-41H2,1-6H3/t42?,45-/m0/s1. The highest BCUT2D eigenvalue weighted by molar-refractivity contribution is 7.46. The number of Topliss-reactive ketones (excluding diaryl/α,β-unsaturated/α-hetero) is 2. The summed E-state index contributed by atoms with van der Waals surface area (Å²) in [6.07, 6.45) is 32.1. The van der Waals surface area contributed by atoms with E-state index < -0.39 is 43.8 Å². The Bertz CT molecular complexity index is 941. The molecule has 0 rings (SSSR count). The van der Waals surface area contributed by atoms with E-state index in [9.17, 15) is 29.3 Å². The third-order valence-corrected chi connectivity index (χ3v) is 12.3. The molecule has 0 aliphatic carbocycles. The molecule has 0 aliphatic rings. The van der Waals surface area contributed by atoms with Crippen LogP contribution in [0.25, 0.3) is 0 Å². The topological polar surface area (TPSA) is 133 Å². The van der Waals surface area contributed by atoms with Crippen LogP contribution < -0.4 is 4.89 Å². The van der Waals surface area contributed by atoms with E-state index in [4.69, 9.17) is 9.05 Å². The SMILES string of the molecule is CCCCCCCCCCCCCCCCCC(=O)C(OP(=O)([O-])OC(CC)C[N+](C)(C)C)(C(=O)CCCCCCCCCCCCCCCCC)[C@@H](O)CO. The molecule has 0 aromatic rings. The van der Waals surface area contributed by atoms with E-state index in [1.54, 1.807) is 6.92 Å². The molecule has 0 amide bonds. The molecule has 0 radical (unpaired) electrons. The predicted octanol–water partition coefficient (Wildman–Crippen LogP) is 11.7. The van der Waals surface area contributed by atoms with Crippen molar-refractivity contribution in [1.82, 2.24) is 0 Å². The summed E-state index contributed by atoms with van der Waals surface area (Å²) in [5.41, 5.74) is -2.73. The fraction of sp³-hybridized carbons (Fsp3) is 0.957. The van der Waals surface area contributed by atoms with Gasteiger partial charge < -0.3 is 24.1 Å². The number of unbranched alkanes of at least 4 members (excludes halogenated alkanes) is 28. The van der Waals surface area contributed by atoms with Gasteiger partial charge in [0.1, 0.15) is 18.8 Å². The molecular formula is C46H92NO8P. The van der Waals surface area contributed by atoms with Crippen molar-refractivity contribution >= 4 is 19.4 Å². The molecule has 56 heavy (non-hydrogen) atoms. The lowest BCUT2D eigenvalue weighted by Crippen LogP contribution is -2.59. The van der Waals surface area contributed by atoms with Gasteiger partial charge in [0.05, 0.1) is 27.7 Å². The molecule has 2 N–H and O–H groups in total. The Labute approximate surface area is 346 Å².